The van der Waals surface area contributed by atoms with Crippen LogP contribution in [0.1, 0.15) is 53.2 Å². The van der Waals surface area contributed by atoms with Crippen molar-refractivity contribution in [1.29, 1.82) is 0 Å². The molecule has 3 rings (SSSR count). The molecule has 1 aliphatic rings. The Balaban J connectivity index is 1.75. The summed E-state index contributed by atoms with van der Waals surface area (Å²) in [5, 5.41) is 3.14. The highest BCUT2D eigenvalue weighted by atomic mass is 16.5. The van der Waals surface area contributed by atoms with Gasteiger partial charge in [0.25, 0.3) is 5.91 Å². The molecule has 1 aliphatic heterocycles. The fourth-order valence-corrected chi connectivity index (χ4v) is 3.92. The molecule has 5 heteroatoms. The Morgan fingerprint density at radius 1 is 0.966 bits per heavy atom. The summed E-state index contributed by atoms with van der Waals surface area (Å²) in [6.45, 7) is 4.83. The number of likely N-dealkylation sites (tertiary alicyclic amines) is 1. The number of hydrogen-bond acceptors (Lipinski definition) is 4. The second-order valence-electron chi connectivity index (χ2n) is 7.66. The van der Waals surface area contributed by atoms with E-state index in [1.54, 1.807) is 32.4 Å². The van der Waals surface area contributed by atoms with Crippen LogP contribution < -0.4 is 14.8 Å². The van der Waals surface area contributed by atoms with Crippen molar-refractivity contribution in [1.82, 2.24) is 10.2 Å². The minimum atomic E-state index is -0.0992. The zero-order valence-electron chi connectivity index (χ0n) is 17.7. The van der Waals surface area contributed by atoms with Gasteiger partial charge in [0.2, 0.25) is 0 Å². The van der Waals surface area contributed by atoms with Crippen LogP contribution in [0.2, 0.25) is 0 Å². The molecule has 1 unspecified atom stereocenters. The highest BCUT2D eigenvalue weighted by Crippen LogP contribution is 2.28. The Bertz CT molecular complexity index is 796. The predicted molar refractivity (Wildman–Crippen MR) is 116 cm³/mol. The second kappa shape index (κ2) is 10.3. The van der Waals surface area contributed by atoms with Crippen LogP contribution in [0.15, 0.2) is 42.5 Å². The third kappa shape index (κ3) is 5.51. The van der Waals surface area contributed by atoms with Crippen LogP contribution in [-0.2, 0) is 0 Å². The molecule has 0 aromatic heterocycles. The van der Waals surface area contributed by atoms with E-state index in [-0.39, 0.29) is 11.9 Å². The smallest absolute Gasteiger partial charge is 0.251 e. The maximum atomic E-state index is 12.8. The molecule has 0 saturated carbocycles. The highest BCUT2D eigenvalue weighted by molar-refractivity contribution is 5.94. The number of nitrogens with zero attached hydrogens (tertiary/aromatic N) is 1. The first-order chi connectivity index (χ1) is 14.1. The third-order valence-corrected chi connectivity index (χ3v) is 5.65. The average Bonchev–Trinajstić information content (AvgIpc) is 3.04. The summed E-state index contributed by atoms with van der Waals surface area (Å²) in [7, 11) is 3.16. The fourth-order valence-electron chi connectivity index (χ4n) is 3.92. The van der Waals surface area contributed by atoms with Gasteiger partial charge in [0, 0.05) is 12.1 Å². The standard InChI is InChI=1S/C24H32N2O3/c1-18-8-10-19(11-9-18)21(26-14-6-4-5-7-15-26)17-25-24(27)20-12-13-22(28-2)23(16-20)29-3/h8-13,16,21H,4-7,14-15,17H2,1-3H3,(H,25,27). The molecule has 1 N–H and O–H groups in total. The Kier molecular flexibility index (Phi) is 7.53. The lowest BCUT2D eigenvalue weighted by Crippen LogP contribution is -2.38. The quantitative estimate of drug-likeness (QED) is 0.756. The molecule has 156 valence electrons. The molecular formula is C24H32N2O3. The number of amides is 1. The number of nitrogens with one attached hydrogen (secondary N) is 1. The van der Waals surface area contributed by atoms with Crippen LogP contribution in [0.3, 0.4) is 0 Å². The lowest BCUT2D eigenvalue weighted by Gasteiger charge is -2.31. The van der Waals surface area contributed by atoms with E-state index in [0.717, 1.165) is 13.1 Å². The van der Waals surface area contributed by atoms with Gasteiger partial charge < -0.3 is 14.8 Å². The second-order valence-corrected chi connectivity index (χ2v) is 7.66. The van der Waals surface area contributed by atoms with E-state index in [9.17, 15) is 4.79 Å². The van der Waals surface area contributed by atoms with E-state index in [1.807, 2.05) is 0 Å². The molecule has 0 bridgehead atoms. The Labute approximate surface area is 174 Å². The van der Waals surface area contributed by atoms with E-state index < -0.39 is 0 Å². The minimum Gasteiger partial charge on any atom is -0.493 e. The van der Waals surface area contributed by atoms with Crippen LogP contribution in [-0.4, -0.2) is 44.7 Å². The first-order valence-corrected chi connectivity index (χ1v) is 10.4. The van der Waals surface area contributed by atoms with Crippen molar-refractivity contribution in [2.45, 2.75) is 38.6 Å². The van der Waals surface area contributed by atoms with E-state index >= 15 is 0 Å². The molecule has 1 atom stereocenters. The normalized spacial score (nSPS) is 16.0. The summed E-state index contributed by atoms with van der Waals surface area (Å²) in [5.74, 6) is 1.08. The highest BCUT2D eigenvalue weighted by Gasteiger charge is 2.22. The lowest BCUT2D eigenvalue weighted by atomic mass is 10.0. The number of carbonyl (C=O) groups excluding carboxylic acids is 1. The first kappa shape index (κ1) is 21.2. The van der Waals surface area contributed by atoms with Crippen molar-refractivity contribution in [2.75, 3.05) is 33.9 Å². The van der Waals surface area contributed by atoms with Crippen molar-refractivity contribution in [2.24, 2.45) is 0 Å². The largest absolute Gasteiger partial charge is 0.493 e. The van der Waals surface area contributed by atoms with Crippen molar-refractivity contribution in [3.63, 3.8) is 0 Å². The number of methoxy groups -OCH3 is 2. The monoisotopic (exact) mass is 396 g/mol. The molecule has 1 saturated heterocycles. The number of carbonyl (C=O) groups is 1. The zero-order valence-corrected chi connectivity index (χ0v) is 17.7. The number of rotatable bonds is 7. The number of hydrogen-bond donors (Lipinski definition) is 1. The van der Waals surface area contributed by atoms with Gasteiger partial charge in [-0.3, -0.25) is 9.69 Å². The summed E-state index contributed by atoms with van der Waals surface area (Å²) in [6, 6.07) is 14.1. The maximum Gasteiger partial charge on any atom is 0.251 e. The number of aryl methyl sites for hydroxylation is 1. The Hall–Kier alpha value is -2.53. The molecule has 1 amide bonds. The zero-order chi connectivity index (χ0) is 20.6. The van der Waals surface area contributed by atoms with Crippen molar-refractivity contribution >= 4 is 5.91 Å². The van der Waals surface area contributed by atoms with Gasteiger partial charge in [0.15, 0.2) is 11.5 Å². The van der Waals surface area contributed by atoms with Crippen molar-refractivity contribution < 1.29 is 14.3 Å². The summed E-state index contributed by atoms with van der Waals surface area (Å²) in [6.07, 6.45) is 5.00. The first-order valence-electron chi connectivity index (χ1n) is 10.4. The molecule has 2 aromatic carbocycles. The fraction of sp³-hybridized carbons (Fsp3) is 0.458. The van der Waals surface area contributed by atoms with E-state index in [4.69, 9.17) is 9.47 Å². The molecule has 29 heavy (non-hydrogen) atoms. The Morgan fingerprint density at radius 2 is 1.62 bits per heavy atom. The van der Waals surface area contributed by atoms with E-state index in [1.165, 1.54) is 36.8 Å². The van der Waals surface area contributed by atoms with Crippen LogP contribution in [0, 0.1) is 6.92 Å². The summed E-state index contributed by atoms with van der Waals surface area (Å²) < 4.78 is 10.6. The third-order valence-electron chi connectivity index (χ3n) is 5.65. The molecule has 5 nitrogen and oxygen atoms in total. The van der Waals surface area contributed by atoms with E-state index in [0.29, 0.717) is 23.6 Å². The van der Waals surface area contributed by atoms with Gasteiger partial charge in [-0.25, -0.2) is 0 Å². The van der Waals surface area contributed by atoms with Gasteiger partial charge in [-0.15, -0.1) is 0 Å². The van der Waals surface area contributed by atoms with Gasteiger partial charge in [-0.05, 0) is 56.6 Å². The van der Waals surface area contributed by atoms with Gasteiger partial charge in [0.05, 0.1) is 20.3 Å². The van der Waals surface area contributed by atoms with E-state index in [2.05, 4.69) is 41.4 Å². The van der Waals surface area contributed by atoms with Gasteiger partial charge >= 0.3 is 0 Å². The summed E-state index contributed by atoms with van der Waals surface area (Å²) >= 11 is 0. The molecule has 0 spiro atoms. The summed E-state index contributed by atoms with van der Waals surface area (Å²) in [5.41, 5.74) is 3.07. The molecular weight excluding hydrogens is 364 g/mol. The van der Waals surface area contributed by atoms with Crippen LogP contribution in [0.25, 0.3) is 0 Å². The van der Waals surface area contributed by atoms with Crippen molar-refractivity contribution in [3.05, 3.63) is 59.2 Å². The van der Waals surface area contributed by atoms with Crippen LogP contribution in [0.5, 0.6) is 11.5 Å². The molecule has 1 heterocycles. The minimum absolute atomic E-state index is 0.0992. The van der Waals surface area contributed by atoms with Crippen molar-refractivity contribution in [3.8, 4) is 11.5 Å². The topological polar surface area (TPSA) is 50.8 Å². The van der Waals surface area contributed by atoms with Crippen LogP contribution in [0.4, 0.5) is 0 Å². The molecule has 0 aliphatic carbocycles. The lowest BCUT2D eigenvalue weighted by molar-refractivity contribution is 0.0933. The van der Waals surface area contributed by atoms with Gasteiger partial charge in [0.1, 0.15) is 0 Å². The maximum absolute atomic E-state index is 12.8. The molecule has 2 aromatic rings. The molecule has 1 fully saturated rings. The average molecular weight is 397 g/mol. The predicted octanol–water partition coefficient (Wildman–Crippen LogP) is 4.36. The summed E-state index contributed by atoms with van der Waals surface area (Å²) in [4.78, 5) is 15.3. The SMILES string of the molecule is COc1ccc(C(=O)NCC(c2ccc(C)cc2)N2CCCCCC2)cc1OC. The Morgan fingerprint density at radius 3 is 2.24 bits per heavy atom. The number of ether oxygens (including phenoxy) is 2. The van der Waals surface area contributed by atoms with Gasteiger partial charge in [-0.1, -0.05) is 42.7 Å². The van der Waals surface area contributed by atoms with Gasteiger partial charge in [-0.2, -0.15) is 0 Å². The van der Waals surface area contributed by atoms with Crippen LogP contribution >= 0.6 is 0 Å². The molecule has 0 radical (unpaired) electrons. The number of benzene rings is 2.